The highest BCUT2D eigenvalue weighted by Crippen LogP contribution is 2.53. The first-order chi connectivity index (χ1) is 21.0. The van der Waals surface area contributed by atoms with Gasteiger partial charge in [-0.1, -0.05) is 50.2 Å². The molecule has 2 N–H and O–H groups in total. The molecular weight excluding hydrogens is 566 g/mol. The average molecular weight is 602 g/mol. The highest BCUT2D eigenvalue weighted by molar-refractivity contribution is 6.25. The summed E-state index contributed by atoms with van der Waals surface area (Å²) in [6.45, 7) is 5.68. The standard InChI is InChI=1S/C33H35N3O8/c1-6-20-9-8-10-21(7-2)28(20)35-30(37)25-26(31(35)38)33(32(39)40,17-19-11-13-22(14-12-19)36(41)42)34-27(25)23-15-16-24(43-4)18(3)29(23)44-5/h8-16,25-27,34H,6-7,17H2,1-5H3,(H,39,40). The number of rotatable bonds is 10. The van der Waals surface area contributed by atoms with E-state index in [9.17, 15) is 29.6 Å². The number of methoxy groups -OCH3 is 2. The van der Waals surface area contributed by atoms with Gasteiger partial charge in [0.05, 0.1) is 36.7 Å². The lowest BCUT2D eigenvalue weighted by molar-refractivity contribution is -0.384. The fourth-order valence-corrected chi connectivity index (χ4v) is 6.92. The Kier molecular flexibility index (Phi) is 8.17. The zero-order valence-corrected chi connectivity index (χ0v) is 25.2. The van der Waals surface area contributed by atoms with Crippen LogP contribution in [0.3, 0.4) is 0 Å². The molecule has 11 nitrogen and oxygen atoms in total. The fourth-order valence-electron chi connectivity index (χ4n) is 6.92. The van der Waals surface area contributed by atoms with Gasteiger partial charge in [-0.25, -0.2) is 4.90 Å². The minimum Gasteiger partial charge on any atom is -0.496 e. The van der Waals surface area contributed by atoms with E-state index >= 15 is 0 Å². The minimum absolute atomic E-state index is 0.145. The molecule has 2 fully saturated rings. The fraction of sp³-hybridized carbons (Fsp3) is 0.364. The number of nitrogens with one attached hydrogen (secondary N) is 1. The molecule has 4 atom stereocenters. The normalized spacial score (nSPS) is 22.7. The van der Waals surface area contributed by atoms with Crippen LogP contribution in [0.4, 0.5) is 11.4 Å². The Bertz CT molecular complexity index is 1630. The molecule has 4 unspecified atom stereocenters. The number of carbonyl (C=O) groups is 3. The van der Waals surface area contributed by atoms with Gasteiger partial charge in [-0.05, 0) is 42.5 Å². The number of aryl methyl sites for hydroxylation is 2. The van der Waals surface area contributed by atoms with E-state index in [0.29, 0.717) is 46.7 Å². The van der Waals surface area contributed by atoms with Crippen LogP contribution in [0.25, 0.3) is 0 Å². The zero-order chi connectivity index (χ0) is 31.9. The summed E-state index contributed by atoms with van der Waals surface area (Å²) >= 11 is 0. The molecule has 0 spiro atoms. The van der Waals surface area contributed by atoms with Crippen molar-refractivity contribution in [2.24, 2.45) is 11.8 Å². The van der Waals surface area contributed by atoms with Crippen LogP contribution in [0.15, 0.2) is 54.6 Å². The van der Waals surface area contributed by atoms with E-state index in [4.69, 9.17) is 9.47 Å². The first-order valence-electron chi connectivity index (χ1n) is 14.5. The highest BCUT2D eigenvalue weighted by Gasteiger charge is 2.69. The number of benzene rings is 3. The molecule has 2 saturated heterocycles. The molecule has 0 bridgehead atoms. The first-order valence-corrected chi connectivity index (χ1v) is 14.5. The van der Waals surface area contributed by atoms with Gasteiger partial charge < -0.3 is 14.6 Å². The number of imide groups is 1. The number of carboxylic acid groups (broad SMARTS) is 1. The molecule has 2 aliphatic rings. The number of carbonyl (C=O) groups excluding carboxylic acids is 2. The number of nitrogens with zero attached hydrogens (tertiary/aromatic N) is 2. The molecule has 11 heteroatoms. The van der Waals surface area contributed by atoms with Gasteiger partial charge in [0.1, 0.15) is 17.0 Å². The van der Waals surface area contributed by atoms with E-state index in [-0.39, 0.29) is 12.1 Å². The quantitative estimate of drug-likeness (QED) is 0.194. The lowest BCUT2D eigenvalue weighted by atomic mass is 9.76. The van der Waals surface area contributed by atoms with Crippen molar-refractivity contribution in [3.8, 4) is 11.5 Å². The molecule has 230 valence electrons. The van der Waals surface area contributed by atoms with Crippen molar-refractivity contribution in [1.29, 1.82) is 0 Å². The van der Waals surface area contributed by atoms with Crippen LogP contribution in [0.2, 0.25) is 0 Å². The number of anilines is 1. The number of aliphatic carboxylic acids is 1. The number of hydrogen-bond acceptors (Lipinski definition) is 8. The maximum Gasteiger partial charge on any atom is 0.325 e. The molecule has 3 aromatic rings. The van der Waals surface area contributed by atoms with Gasteiger partial charge in [-0.3, -0.25) is 29.8 Å². The van der Waals surface area contributed by atoms with E-state index in [1.165, 1.54) is 43.4 Å². The predicted molar refractivity (Wildman–Crippen MR) is 162 cm³/mol. The van der Waals surface area contributed by atoms with Gasteiger partial charge in [0.25, 0.3) is 5.69 Å². The van der Waals surface area contributed by atoms with Gasteiger partial charge in [-0.2, -0.15) is 0 Å². The molecule has 0 aromatic heterocycles. The zero-order valence-electron chi connectivity index (χ0n) is 25.2. The van der Waals surface area contributed by atoms with E-state index in [1.54, 1.807) is 19.1 Å². The summed E-state index contributed by atoms with van der Waals surface area (Å²) in [7, 11) is 3.01. The number of nitro groups is 1. The smallest absolute Gasteiger partial charge is 0.325 e. The Labute approximate surface area is 254 Å². The lowest BCUT2D eigenvalue weighted by Crippen LogP contribution is -2.57. The van der Waals surface area contributed by atoms with Gasteiger partial charge in [0.2, 0.25) is 11.8 Å². The monoisotopic (exact) mass is 601 g/mol. The molecule has 2 heterocycles. The van der Waals surface area contributed by atoms with Crippen molar-refractivity contribution in [3.05, 3.63) is 92.5 Å². The van der Waals surface area contributed by atoms with E-state index in [0.717, 1.165) is 11.1 Å². The SMILES string of the molecule is CCc1cccc(CC)c1N1C(=O)C2C(c3ccc(OC)c(C)c3OC)NC(Cc3ccc([N+](=O)[O-])cc3)(C(=O)O)C2C1=O. The number of carboxylic acids is 1. The summed E-state index contributed by atoms with van der Waals surface area (Å²) in [5.74, 6) is -3.79. The van der Waals surface area contributed by atoms with Crippen molar-refractivity contribution >= 4 is 29.2 Å². The van der Waals surface area contributed by atoms with Gasteiger partial charge >= 0.3 is 5.97 Å². The largest absolute Gasteiger partial charge is 0.496 e. The predicted octanol–water partition coefficient (Wildman–Crippen LogP) is 4.56. The molecule has 0 radical (unpaired) electrons. The van der Waals surface area contributed by atoms with Crippen molar-refractivity contribution in [1.82, 2.24) is 5.32 Å². The number of nitro benzene ring substituents is 1. The number of non-ortho nitro benzene ring substituents is 1. The number of amides is 2. The molecule has 2 aliphatic heterocycles. The van der Waals surface area contributed by atoms with Crippen molar-refractivity contribution < 1.29 is 33.9 Å². The molecule has 5 rings (SSSR count). The Morgan fingerprint density at radius 2 is 1.64 bits per heavy atom. The highest BCUT2D eigenvalue weighted by atomic mass is 16.6. The molecule has 0 saturated carbocycles. The Morgan fingerprint density at radius 1 is 1.00 bits per heavy atom. The second kappa shape index (κ2) is 11.7. The molecular formula is C33H35N3O8. The van der Waals surface area contributed by atoms with Crippen molar-refractivity contribution in [3.63, 3.8) is 0 Å². The van der Waals surface area contributed by atoms with Crippen molar-refractivity contribution in [2.45, 2.75) is 51.6 Å². The van der Waals surface area contributed by atoms with Crippen LogP contribution in [0, 0.1) is 28.9 Å². The van der Waals surface area contributed by atoms with E-state index < -0.39 is 46.1 Å². The third-order valence-corrected chi connectivity index (χ3v) is 9.00. The third kappa shape index (κ3) is 4.68. The number of para-hydroxylation sites is 1. The maximum atomic E-state index is 14.5. The van der Waals surface area contributed by atoms with Crippen LogP contribution < -0.4 is 19.7 Å². The average Bonchev–Trinajstić information content (AvgIpc) is 3.49. The van der Waals surface area contributed by atoms with Gasteiger partial charge in [0.15, 0.2) is 0 Å². The van der Waals surface area contributed by atoms with Crippen molar-refractivity contribution in [2.75, 3.05) is 19.1 Å². The number of ether oxygens (including phenoxy) is 2. The third-order valence-electron chi connectivity index (χ3n) is 9.00. The summed E-state index contributed by atoms with van der Waals surface area (Å²) < 4.78 is 11.2. The number of fused-ring (bicyclic) bond motifs is 1. The van der Waals surface area contributed by atoms with Gasteiger partial charge in [-0.15, -0.1) is 0 Å². The molecule has 44 heavy (non-hydrogen) atoms. The maximum absolute atomic E-state index is 14.5. The van der Waals surface area contributed by atoms with Crippen LogP contribution in [0.1, 0.15) is 47.7 Å². The number of hydrogen-bond donors (Lipinski definition) is 2. The van der Waals surface area contributed by atoms with Crippen LogP contribution in [0.5, 0.6) is 11.5 Å². The second-order valence-electron chi connectivity index (χ2n) is 11.2. The minimum atomic E-state index is -1.92. The summed E-state index contributed by atoms with van der Waals surface area (Å²) in [5.41, 5.74) is 1.71. The van der Waals surface area contributed by atoms with Crippen LogP contribution >= 0.6 is 0 Å². The Balaban J connectivity index is 1.73. The summed E-state index contributed by atoms with van der Waals surface area (Å²) in [6, 6.07) is 13.7. The Morgan fingerprint density at radius 3 is 2.16 bits per heavy atom. The van der Waals surface area contributed by atoms with Gasteiger partial charge in [0, 0.05) is 35.7 Å². The first kappa shape index (κ1) is 30.7. The second-order valence-corrected chi connectivity index (χ2v) is 11.2. The topological polar surface area (TPSA) is 148 Å². The summed E-state index contributed by atoms with van der Waals surface area (Å²) in [6.07, 6.45) is 0.934. The molecule has 0 aliphatic carbocycles. The summed E-state index contributed by atoms with van der Waals surface area (Å²) in [4.78, 5) is 54.4. The molecule has 2 amide bonds. The van der Waals surface area contributed by atoms with Crippen LogP contribution in [-0.2, 0) is 33.6 Å². The summed E-state index contributed by atoms with van der Waals surface area (Å²) in [5, 5.41) is 25.4. The van der Waals surface area contributed by atoms with E-state index in [1.807, 2.05) is 32.0 Å². The molecule has 3 aromatic carbocycles. The Hall–Kier alpha value is -4.77. The van der Waals surface area contributed by atoms with E-state index in [2.05, 4.69) is 5.32 Å². The lowest BCUT2D eigenvalue weighted by Gasteiger charge is -2.32. The van der Waals surface area contributed by atoms with Crippen LogP contribution in [-0.4, -0.2) is 47.6 Å².